The van der Waals surface area contributed by atoms with Crippen LogP contribution in [0.2, 0.25) is 0 Å². The molecular formula is C24H26FN3O7. The van der Waals surface area contributed by atoms with E-state index in [1.807, 2.05) is 0 Å². The van der Waals surface area contributed by atoms with Crippen LogP contribution in [0, 0.1) is 5.82 Å². The highest BCUT2D eigenvalue weighted by atomic mass is 19.1. The molecule has 35 heavy (non-hydrogen) atoms. The van der Waals surface area contributed by atoms with E-state index in [0.29, 0.717) is 24.3 Å². The van der Waals surface area contributed by atoms with Gasteiger partial charge in [-0.25, -0.2) is 4.39 Å². The molecule has 2 aromatic carbocycles. The molecule has 2 aliphatic rings. The molecule has 2 aliphatic heterocycles. The smallest absolute Gasteiger partial charge is 0.258 e. The lowest BCUT2D eigenvalue weighted by Crippen LogP contribution is -2.58. The number of rotatable bonds is 2. The van der Waals surface area contributed by atoms with Crippen molar-refractivity contribution in [2.75, 3.05) is 33.4 Å². The predicted molar refractivity (Wildman–Crippen MR) is 121 cm³/mol. The fourth-order valence-corrected chi connectivity index (χ4v) is 4.08. The van der Waals surface area contributed by atoms with Gasteiger partial charge in [-0.1, -0.05) is 0 Å². The van der Waals surface area contributed by atoms with Crippen molar-refractivity contribution in [3.63, 3.8) is 0 Å². The van der Waals surface area contributed by atoms with Crippen LogP contribution in [0.25, 0.3) is 0 Å². The first-order chi connectivity index (χ1) is 16.9. The maximum atomic E-state index is 14.3. The minimum absolute atomic E-state index is 0.0527. The molecule has 0 saturated carbocycles. The van der Waals surface area contributed by atoms with Gasteiger partial charge in [-0.3, -0.25) is 14.4 Å². The van der Waals surface area contributed by atoms with E-state index < -0.39 is 42.3 Å². The van der Waals surface area contributed by atoms with Crippen molar-refractivity contribution in [3.05, 3.63) is 53.3 Å². The van der Waals surface area contributed by atoms with Gasteiger partial charge in [0.2, 0.25) is 5.91 Å². The second-order valence-corrected chi connectivity index (χ2v) is 8.25. The van der Waals surface area contributed by atoms with Crippen LogP contribution >= 0.6 is 0 Å². The lowest BCUT2D eigenvalue weighted by Gasteiger charge is -2.38. The van der Waals surface area contributed by atoms with E-state index >= 15 is 0 Å². The lowest BCUT2D eigenvalue weighted by atomic mass is 10.0. The fourth-order valence-electron chi connectivity index (χ4n) is 4.08. The molecule has 11 heteroatoms. The molecule has 2 atom stereocenters. The van der Waals surface area contributed by atoms with Crippen molar-refractivity contribution in [3.8, 4) is 17.2 Å². The van der Waals surface area contributed by atoms with Crippen LogP contribution in [-0.4, -0.2) is 73.3 Å². The van der Waals surface area contributed by atoms with Crippen LogP contribution < -0.4 is 24.8 Å². The Morgan fingerprint density at radius 1 is 1.26 bits per heavy atom. The number of halogens is 1. The number of aliphatic hydroxyl groups excluding tert-OH is 1. The van der Waals surface area contributed by atoms with Crippen LogP contribution in [0.1, 0.15) is 22.3 Å². The number of carbonyl (C=O) groups excluding carboxylic acids is 3. The molecule has 3 amide bonds. The van der Waals surface area contributed by atoms with Gasteiger partial charge in [0.1, 0.15) is 24.3 Å². The predicted octanol–water partition coefficient (Wildman–Crippen LogP) is 0.614. The van der Waals surface area contributed by atoms with Crippen molar-refractivity contribution in [2.24, 2.45) is 0 Å². The maximum Gasteiger partial charge on any atom is 0.258 e. The van der Waals surface area contributed by atoms with E-state index in [0.717, 1.165) is 0 Å². The van der Waals surface area contributed by atoms with Crippen molar-refractivity contribution < 1.29 is 38.1 Å². The minimum atomic E-state index is -0.648. The van der Waals surface area contributed by atoms with Crippen LogP contribution in [0.3, 0.4) is 0 Å². The fraction of sp³-hybridized carbons (Fsp3) is 0.375. The number of benzene rings is 2. The first kappa shape index (κ1) is 24.3. The topological polar surface area (TPSA) is 126 Å². The molecule has 1 fully saturated rings. The number of hydrogen-bond acceptors (Lipinski definition) is 7. The average molecular weight is 487 g/mol. The minimum Gasteiger partial charge on any atom is -0.493 e. The maximum absolute atomic E-state index is 14.3. The van der Waals surface area contributed by atoms with E-state index in [1.165, 1.54) is 30.2 Å². The van der Waals surface area contributed by atoms with E-state index in [1.54, 1.807) is 18.2 Å². The first-order valence-electron chi connectivity index (χ1n) is 11.1. The summed E-state index contributed by atoms with van der Waals surface area (Å²) in [7, 11) is 1.44. The Labute approximate surface area is 201 Å². The van der Waals surface area contributed by atoms with Crippen LogP contribution in [0.15, 0.2) is 36.4 Å². The molecule has 0 spiro atoms. The zero-order valence-electron chi connectivity index (χ0n) is 19.1. The molecule has 1 saturated heterocycles. The number of nitrogens with zero attached hydrogens (tertiary/aromatic N) is 1. The highest BCUT2D eigenvalue weighted by Gasteiger charge is 2.34. The molecule has 186 valence electrons. The number of amides is 3. The summed E-state index contributed by atoms with van der Waals surface area (Å²) >= 11 is 0. The van der Waals surface area contributed by atoms with Crippen LogP contribution in [-0.2, 0) is 16.1 Å². The molecule has 0 unspecified atom stereocenters. The molecule has 4 rings (SSSR count). The Morgan fingerprint density at radius 3 is 2.86 bits per heavy atom. The Bertz CT molecular complexity index is 1130. The summed E-state index contributed by atoms with van der Waals surface area (Å²) in [6.07, 6.45) is -0.233. The van der Waals surface area contributed by atoms with E-state index in [2.05, 4.69) is 10.6 Å². The Balaban J connectivity index is 1.68. The van der Waals surface area contributed by atoms with Crippen molar-refractivity contribution in [1.82, 2.24) is 15.5 Å². The van der Waals surface area contributed by atoms with E-state index in [9.17, 15) is 23.9 Å². The van der Waals surface area contributed by atoms with Gasteiger partial charge >= 0.3 is 0 Å². The molecule has 4 bridgehead atoms. The number of piperidine rings is 1. The Hall–Kier alpha value is -3.86. The molecule has 10 nitrogen and oxygen atoms in total. The Morgan fingerprint density at radius 2 is 2.09 bits per heavy atom. The van der Waals surface area contributed by atoms with Crippen molar-refractivity contribution >= 4 is 17.7 Å². The van der Waals surface area contributed by atoms with Gasteiger partial charge in [0.15, 0.2) is 18.1 Å². The summed E-state index contributed by atoms with van der Waals surface area (Å²) in [6.45, 7) is -0.535. The number of fused-ring (bicyclic) bond motifs is 5. The molecule has 0 aliphatic carbocycles. The zero-order valence-corrected chi connectivity index (χ0v) is 19.1. The van der Waals surface area contributed by atoms with E-state index in [-0.39, 0.29) is 36.8 Å². The SMILES string of the molecule is COc1ccc2cc1OCC(=O)NCc1cc(F)cc(c1)O[C@@H]1CCN(C(=O)CO)C[C@@H]1NC2=O. The van der Waals surface area contributed by atoms with Gasteiger partial charge in [-0.2, -0.15) is 0 Å². The van der Waals surface area contributed by atoms with Crippen LogP contribution in [0.4, 0.5) is 4.39 Å². The summed E-state index contributed by atoms with van der Waals surface area (Å²) < 4.78 is 31.2. The summed E-state index contributed by atoms with van der Waals surface area (Å²) in [5, 5.41) is 14.8. The van der Waals surface area contributed by atoms with Gasteiger partial charge in [-0.05, 0) is 35.9 Å². The summed E-state index contributed by atoms with van der Waals surface area (Å²) in [5.74, 6) is -1.15. The largest absolute Gasteiger partial charge is 0.493 e. The quantitative estimate of drug-likeness (QED) is 0.567. The Kier molecular flexibility index (Phi) is 7.35. The van der Waals surface area contributed by atoms with Gasteiger partial charge in [0.05, 0.1) is 13.2 Å². The highest BCUT2D eigenvalue weighted by Crippen LogP contribution is 2.29. The van der Waals surface area contributed by atoms with Crippen molar-refractivity contribution in [1.29, 1.82) is 0 Å². The third-order valence-corrected chi connectivity index (χ3v) is 5.85. The third kappa shape index (κ3) is 5.80. The average Bonchev–Trinajstić information content (AvgIpc) is 2.85. The molecular weight excluding hydrogens is 461 g/mol. The van der Waals surface area contributed by atoms with E-state index in [4.69, 9.17) is 14.2 Å². The highest BCUT2D eigenvalue weighted by molar-refractivity contribution is 5.95. The number of nitrogens with one attached hydrogen (secondary N) is 2. The zero-order chi connectivity index (χ0) is 24.9. The number of methoxy groups -OCH3 is 1. The molecule has 0 aromatic heterocycles. The second kappa shape index (κ2) is 10.6. The molecule has 2 heterocycles. The normalized spacial score (nSPS) is 20.5. The van der Waals surface area contributed by atoms with Gasteiger partial charge in [0, 0.05) is 37.7 Å². The number of ether oxygens (including phenoxy) is 3. The van der Waals surface area contributed by atoms with Crippen molar-refractivity contribution in [2.45, 2.75) is 25.1 Å². The van der Waals surface area contributed by atoms with Gasteiger partial charge in [0.25, 0.3) is 11.8 Å². The molecule has 2 aromatic rings. The summed E-state index contributed by atoms with van der Waals surface area (Å²) in [6, 6.07) is 8.01. The molecule has 0 radical (unpaired) electrons. The van der Waals surface area contributed by atoms with Gasteiger partial charge in [-0.15, -0.1) is 0 Å². The summed E-state index contributed by atoms with van der Waals surface area (Å²) in [5.41, 5.74) is 0.721. The lowest BCUT2D eigenvalue weighted by molar-refractivity contribution is -0.136. The standard InChI is InChI=1S/C24H26FN3O7/c1-33-20-3-2-15-8-21(20)34-13-22(30)26-10-14-6-16(25)9-17(7-14)35-19-4-5-28(23(31)12-29)11-18(19)27-24(15)32/h2-3,6-9,18-19,29H,4-5,10-13H2,1H3,(H,26,30)(H,27,32)/t18-,19+/m0/s1. The van der Waals surface area contributed by atoms with Gasteiger partial charge < -0.3 is 34.9 Å². The number of likely N-dealkylation sites (tertiary alicyclic amines) is 1. The number of aliphatic hydroxyl groups is 1. The number of hydrogen-bond donors (Lipinski definition) is 3. The third-order valence-electron chi connectivity index (χ3n) is 5.85. The summed E-state index contributed by atoms with van der Waals surface area (Å²) in [4.78, 5) is 38.9. The van der Waals surface area contributed by atoms with Crippen LogP contribution in [0.5, 0.6) is 17.2 Å². The number of carbonyl (C=O) groups is 3. The monoisotopic (exact) mass is 487 g/mol. The second-order valence-electron chi connectivity index (χ2n) is 8.25. The first-order valence-corrected chi connectivity index (χ1v) is 11.1. The molecule has 3 N–H and O–H groups in total.